The number of ether oxygens (including phenoxy) is 1. The molecule has 140 valence electrons. The van der Waals surface area contributed by atoms with Crippen LogP contribution in [-0.2, 0) is 24.9 Å². The fourth-order valence-electron chi connectivity index (χ4n) is 3.95. The molecule has 26 heavy (non-hydrogen) atoms. The lowest BCUT2D eigenvalue weighted by molar-refractivity contribution is 0.0974. The summed E-state index contributed by atoms with van der Waals surface area (Å²) in [6.07, 6.45) is 3.00. The third-order valence-electron chi connectivity index (χ3n) is 5.49. The van der Waals surface area contributed by atoms with E-state index in [0.717, 1.165) is 37.3 Å². The molecule has 0 aromatic carbocycles. The number of fused-ring (bicyclic) bond motifs is 3. The van der Waals surface area contributed by atoms with E-state index < -0.39 is 0 Å². The summed E-state index contributed by atoms with van der Waals surface area (Å²) < 4.78 is 12.6. The molecular formula is C18H25N5O3. The molecule has 1 atom stereocenters. The molecule has 0 radical (unpaired) electrons. The number of aromatic nitrogens is 5. The topological polar surface area (TPSA) is 75.5 Å². The standard InChI is InChI=1S/C18H25N5O3/c1-5-8-21-16(24)14-15(20(4)18(21)25)19-17-22(10-13-7-6-9-26-13)11(2)12(3)23(14)17/h13H,5-10H2,1-4H3/t13-/m1/s1. The van der Waals surface area contributed by atoms with Crippen LogP contribution in [0.25, 0.3) is 16.9 Å². The molecule has 3 aromatic heterocycles. The first kappa shape index (κ1) is 17.1. The maximum atomic E-state index is 13.0. The van der Waals surface area contributed by atoms with Crippen molar-refractivity contribution in [3.8, 4) is 0 Å². The number of hydrogen-bond donors (Lipinski definition) is 0. The van der Waals surface area contributed by atoms with E-state index in [0.29, 0.717) is 30.0 Å². The average Bonchev–Trinajstić information content (AvgIpc) is 3.31. The third kappa shape index (κ3) is 2.28. The van der Waals surface area contributed by atoms with Crippen molar-refractivity contribution in [2.75, 3.05) is 6.61 Å². The van der Waals surface area contributed by atoms with Gasteiger partial charge in [-0.1, -0.05) is 6.92 Å². The van der Waals surface area contributed by atoms with Crippen molar-refractivity contribution >= 4 is 16.9 Å². The van der Waals surface area contributed by atoms with Gasteiger partial charge < -0.3 is 9.30 Å². The van der Waals surface area contributed by atoms with Crippen LogP contribution in [0.1, 0.15) is 37.6 Å². The van der Waals surface area contributed by atoms with Gasteiger partial charge in [0.1, 0.15) is 0 Å². The first-order valence-corrected chi connectivity index (χ1v) is 9.25. The summed E-state index contributed by atoms with van der Waals surface area (Å²) in [4.78, 5) is 30.3. The summed E-state index contributed by atoms with van der Waals surface area (Å²) in [5.74, 6) is 0.701. The molecule has 0 bridgehead atoms. The molecule has 3 aromatic rings. The normalized spacial score (nSPS) is 17.8. The molecule has 0 aliphatic carbocycles. The number of hydrogen-bond acceptors (Lipinski definition) is 4. The molecule has 0 amide bonds. The Balaban J connectivity index is 2.04. The Kier molecular flexibility index (Phi) is 4.02. The van der Waals surface area contributed by atoms with Crippen LogP contribution in [0.2, 0.25) is 0 Å². The Morgan fingerprint density at radius 2 is 1.96 bits per heavy atom. The SMILES string of the molecule is CCCn1c(=O)c2c(nc3n(C[C@H]4CCCO4)c(C)c(C)n23)n(C)c1=O. The Morgan fingerprint density at radius 1 is 1.19 bits per heavy atom. The van der Waals surface area contributed by atoms with Crippen LogP contribution >= 0.6 is 0 Å². The van der Waals surface area contributed by atoms with Gasteiger partial charge in [0.2, 0.25) is 5.78 Å². The van der Waals surface area contributed by atoms with Gasteiger partial charge in [-0.25, -0.2) is 4.79 Å². The van der Waals surface area contributed by atoms with Crippen LogP contribution in [0.3, 0.4) is 0 Å². The van der Waals surface area contributed by atoms with E-state index >= 15 is 0 Å². The van der Waals surface area contributed by atoms with Crippen molar-refractivity contribution in [2.24, 2.45) is 7.05 Å². The van der Waals surface area contributed by atoms with E-state index in [-0.39, 0.29) is 17.4 Å². The highest BCUT2D eigenvalue weighted by atomic mass is 16.5. The van der Waals surface area contributed by atoms with Gasteiger partial charge in [0.25, 0.3) is 5.56 Å². The summed E-state index contributed by atoms with van der Waals surface area (Å²) >= 11 is 0. The molecular weight excluding hydrogens is 334 g/mol. The molecule has 1 saturated heterocycles. The van der Waals surface area contributed by atoms with Crippen LogP contribution in [0, 0.1) is 13.8 Å². The second kappa shape index (κ2) is 6.12. The van der Waals surface area contributed by atoms with E-state index in [2.05, 4.69) is 9.55 Å². The molecule has 0 saturated carbocycles. The number of imidazole rings is 2. The molecule has 1 fully saturated rings. The van der Waals surface area contributed by atoms with E-state index in [1.54, 1.807) is 7.05 Å². The maximum absolute atomic E-state index is 13.0. The molecule has 1 aliphatic rings. The Hall–Kier alpha value is -2.35. The number of nitrogens with zero attached hydrogens (tertiary/aromatic N) is 5. The van der Waals surface area contributed by atoms with E-state index in [1.807, 2.05) is 25.2 Å². The molecule has 8 nitrogen and oxygen atoms in total. The van der Waals surface area contributed by atoms with Crippen molar-refractivity contribution in [1.82, 2.24) is 23.1 Å². The van der Waals surface area contributed by atoms with Crippen molar-refractivity contribution in [2.45, 2.75) is 59.2 Å². The Morgan fingerprint density at radius 3 is 2.62 bits per heavy atom. The highest BCUT2D eigenvalue weighted by molar-refractivity contribution is 5.76. The lowest BCUT2D eigenvalue weighted by Crippen LogP contribution is -2.39. The first-order chi connectivity index (χ1) is 12.5. The molecule has 8 heteroatoms. The highest BCUT2D eigenvalue weighted by Gasteiger charge is 2.24. The van der Waals surface area contributed by atoms with Gasteiger partial charge in [0, 0.05) is 31.6 Å². The summed E-state index contributed by atoms with van der Waals surface area (Å²) in [5, 5.41) is 0. The van der Waals surface area contributed by atoms with E-state index in [1.165, 1.54) is 9.13 Å². The van der Waals surface area contributed by atoms with Gasteiger partial charge in [-0.15, -0.1) is 0 Å². The van der Waals surface area contributed by atoms with Crippen LogP contribution in [0.5, 0.6) is 0 Å². The van der Waals surface area contributed by atoms with Crippen molar-refractivity contribution in [3.05, 3.63) is 32.2 Å². The Bertz CT molecular complexity index is 1110. The summed E-state index contributed by atoms with van der Waals surface area (Å²) in [6.45, 7) is 7.90. The zero-order chi connectivity index (χ0) is 18.6. The number of rotatable bonds is 4. The molecule has 0 N–H and O–H groups in total. The van der Waals surface area contributed by atoms with E-state index in [9.17, 15) is 9.59 Å². The van der Waals surface area contributed by atoms with Gasteiger partial charge in [-0.05, 0) is 33.1 Å². The van der Waals surface area contributed by atoms with Crippen molar-refractivity contribution < 1.29 is 4.74 Å². The smallest absolute Gasteiger partial charge is 0.332 e. The van der Waals surface area contributed by atoms with E-state index in [4.69, 9.17) is 4.74 Å². The molecule has 0 unspecified atom stereocenters. The lowest BCUT2D eigenvalue weighted by Gasteiger charge is -2.12. The quantitative estimate of drug-likeness (QED) is 0.705. The van der Waals surface area contributed by atoms with Gasteiger partial charge >= 0.3 is 5.69 Å². The Labute approximate surface area is 150 Å². The second-order valence-electron chi connectivity index (χ2n) is 7.13. The summed E-state index contributed by atoms with van der Waals surface area (Å²) in [5.41, 5.74) is 2.37. The first-order valence-electron chi connectivity index (χ1n) is 9.25. The van der Waals surface area contributed by atoms with Crippen LogP contribution in [0.4, 0.5) is 0 Å². The van der Waals surface area contributed by atoms with Crippen LogP contribution in [-0.4, -0.2) is 35.8 Å². The minimum atomic E-state index is -0.315. The molecule has 4 heterocycles. The predicted molar refractivity (Wildman–Crippen MR) is 98.9 cm³/mol. The summed E-state index contributed by atoms with van der Waals surface area (Å²) in [7, 11) is 1.68. The second-order valence-corrected chi connectivity index (χ2v) is 7.13. The third-order valence-corrected chi connectivity index (χ3v) is 5.49. The monoisotopic (exact) mass is 359 g/mol. The van der Waals surface area contributed by atoms with Gasteiger partial charge in [0.15, 0.2) is 11.2 Å². The summed E-state index contributed by atoms with van der Waals surface area (Å²) in [6, 6.07) is 0. The van der Waals surface area contributed by atoms with Crippen LogP contribution < -0.4 is 11.2 Å². The van der Waals surface area contributed by atoms with Crippen molar-refractivity contribution in [1.29, 1.82) is 0 Å². The molecule has 4 rings (SSSR count). The van der Waals surface area contributed by atoms with Crippen LogP contribution in [0.15, 0.2) is 9.59 Å². The predicted octanol–water partition coefficient (Wildman–Crippen LogP) is 1.36. The van der Waals surface area contributed by atoms with Gasteiger partial charge in [-0.3, -0.25) is 18.3 Å². The zero-order valence-electron chi connectivity index (χ0n) is 15.8. The van der Waals surface area contributed by atoms with Gasteiger partial charge in [0.05, 0.1) is 12.6 Å². The average molecular weight is 359 g/mol. The fourth-order valence-corrected chi connectivity index (χ4v) is 3.95. The van der Waals surface area contributed by atoms with Gasteiger partial charge in [-0.2, -0.15) is 4.98 Å². The maximum Gasteiger partial charge on any atom is 0.332 e. The largest absolute Gasteiger partial charge is 0.376 e. The fraction of sp³-hybridized carbons (Fsp3) is 0.611. The minimum Gasteiger partial charge on any atom is -0.376 e. The molecule has 0 spiro atoms. The molecule has 1 aliphatic heterocycles. The lowest BCUT2D eigenvalue weighted by atomic mass is 10.2. The minimum absolute atomic E-state index is 0.171. The number of aryl methyl sites for hydroxylation is 2. The zero-order valence-corrected chi connectivity index (χ0v) is 15.8. The highest BCUT2D eigenvalue weighted by Crippen LogP contribution is 2.23. The van der Waals surface area contributed by atoms with Crippen molar-refractivity contribution in [3.63, 3.8) is 0 Å².